The Kier molecular flexibility index (Phi) is 11.5. The summed E-state index contributed by atoms with van der Waals surface area (Å²) < 4.78 is 0. The summed E-state index contributed by atoms with van der Waals surface area (Å²) in [7, 11) is 0. The Labute approximate surface area is 355 Å². The second kappa shape index (κ2) is 18.6. The molecular weight excluding hydrogens is 779 g/mol. The molecule has 17 heteroatoms. The second-order valence-electron chi connectivity index (χ2n) is 13.3. The number of pyridine rings is 9. The number of anilines is 16. The topological polar surface area (TPSA) is 212 Å². The lowest BCUT2D eigenvalue weighted by molar-refractivity contribution is 1.20. The van der Waals surface area contributed by atoms with Crippen LogP contribution >= 0.6 is 0 Å². The highest BCUT2D eigenvalue weighted by atomic mass is 15.2. The van der Waals surface area contributed by atoms with Crippen molar-refractivity contribution in [3.8, 4) is 0 Å². The van der Waals surface area contributed by atoms with Gasteiger partial charge in [-0.1, -0.05) is 54.6 Å². The van der Waals surface area contributed by atoms with E-state index >= 15 is 0 Å². The predicted molar refractivity (Wildman–Crippen MR) is 244 cm³/mol. The fourth-order valence-corrected chi connectivity index (χ4v) is 5.94. The Morgan fingerprint density at radius 3 is 0.500 bits per heavy atom. The van der Waals surface area contributed by atoms with Gasteiger partial charge in [-0.05, 0) is 109 Å². The van der Waals surface area contributed by atoms with Gasteiger partial charge < -0.3 is 42.5 Å². The van der Waals surface area contributed by atoms with E-state index in [2.05, 4.69) is 62.5 Å². The van der Waals surface area contributed by atoms with E-state index in [0.29, 0.717) is 93.1 Å². The summed E-state index contributed by atoms with van der Waals surface area (Å²) in [6, 6.07) is 50.7. The quantitative estimate of drug-likeness (QED) is 0.0456. The van der Waals surface area contributed by atoms with Crippen molar-refractivity contribution in [1.29, 1.82) is 0 Å². The summed E-state index contributed by atoms with van der Waals surface area (Å²) in [6.07, 6.45) is 3.45. The van der Waals surface area contributed by atoms with Crippen molar-refractivity contribution >= 4 is 93.1 Å². The standard InChI is InChI=1S/C45H37N17/c1-3-28-46-30(12-1)48-32-14-5-16-34(50-32)52-36-18-7-20-38(54-36)56-40-22-9-24-42(58-40)60-44-26-11-27-45(62-44)61-43-25-10-23-41(59-43)57-39-21-8-19-37(55-39)53-35-17-6-15-33(51-35)49-31-13-2-4-29-47-31/h1-29H,(H8,46,47,48,49,50,51,52,53,54,55,56,57,58,59,60,61,62). The lowest BCUT2D eigenvalue weighted by Crippen LogP contribution is -2.04. The second-order valence-corrected chi connectivity index (χ2v) is 13.3. The summed E-state index contributed by atoms with van der Waals surface area (Å²) in [5.41, 5.74) is 0. The Morgan fingerprint density at radius 1 is 0.177 bits per heavy atom. The minimum atomic E-state index is 0.589. The molecule has 0 fully saturated rings. The largest absolute Gasteiger partial charge is 0.325 e. The molecule has 0 radical (unpaired) electrons. The molecule has 0 bridgehead atoms. The molecule has 9 rings (SSSR count). The molecule has 0 aliphatic carbocycles. The van der Waals surface area contributed by atoms with E-state index in [1.807, 2.05) is 164 Å². The smallest absolute Gasteiger partial charge is 0.133 e. The van der Waals surface area contributed by atoms with Crippen LogP contribution < -0.4 is 42.5 Å². The monoisotopic (exact) mass is 815 g/mol. The van der Waals surface area contributed by atoms with Crippen molar-refractivity contribution in [2.75, 3.05) is 42.5 Å². The first-order valence-electron chi connectivity index (χ1n) is 19.4. The summed E-state index contributed by atoms with van der Waals surface area (Å²) in [5, 5.41) is 26.1. The Hall–Kier alpha value is -9.25. The van der Waals surface area contributed by atoms with Gasteiger partial charge in [0.1, 0.15) is 93.1 Å². The van der Waals surface area contributed by atoms with Crippen LogP contribution in [0.25, 0.3) is 0 Å². The average Bonchev–Trinajstić information content (AvgIpc) is 3.28. The van der Waals surface area contributed by atoms with Gasteiger partial charge in [-0.3, -0.25) is 0 Å². The van der Waals surface area contributed by atoms with Crippen LogP contribution in [0.5, 0.6) is 0 Å². The van der Waals surface area contributed by atoms with Gasteiger partial charge in [0, 0.05) is 12.4 Å². The lowest BCUT2D eigenvalue weighted by Gasteiger charge is -2.12. The summed E-state index contributed by atoms with van der Waals surface area (Å²) >= 11 is 0. The van der Waals surface area contributed by atoms with Crippen LogP contribution in [0.2, 0.25) is 0 Å². The van der Waals surface area contributed by atoms with E-state index in [-0.39, 0.29) is 0 Å². The van der Waals surface area contributed by atoms with E-state index in [1.54, 1.807) is 12.4 Å². The van der Waals surface area contributed by atoms with Crippen molar-refractivity contribution in [1.82, 2.24) is 44.9 Å². The minimum absolute atomic E-state index is 0.589. The van der Waals surface area contributed by atoms with Crippen LogP contribution in [-0.2, 0) is 0 Å². The molecule has 0 aromatic carbocycles. The van der Waals surface area contributed by atoms with Crippen molar-refractivity contribution in [3.63, 3.8) is 0 Å². The summed E-state index contributed by atoms with van der Waals surface area (Å²) in [5.74, 6) is 9.96. The third-order valence-electron chi connectivity index (χ3n) is 8.62. The van der Waals surface area contributed by atoms with Gasteiger partial charge in [0.2, 0.25) is 0 Å². The highest BCUT2D eigenvalue weighted by molar-refractivity contribution is 5.66. The zero-order valence-corrected chi connectivity index (χ0v) is 32.8. The maximum atomic E-state index is 4.74. The van der Waals surface area contributed by atoms with Crippen LogP contribution in [0, 0.1) is 0 Å². The van der Waals surface area contributed by atoms with Gasteiger partial charge in [-0.2, -0.15) is 0 Å². The Morgan fingerprint density at radius 2 is 0.339 bits per heavy atom. The zero-order chi connectivity index (χ0) is 41.8. The first-order valence-corrected chi connectivity index (χ1v) is 19.4. The molecule has 0 spiro atoms. The van der Waals surface area contributed by atoms with E-state index in [0.717, 1.165) is 0 Å². The number of nitrogens with one attached hydrogen (secondary N) is 8. The van der Waals surface area contributed by atoms with Crippen LogP contribution in [0.4, 0.5) is 93.1 Å². The molecule has 8 N–H and O–H groups in total. The molecular formula is C45H37N17. The number of nitrogens with zero attached hydrogens (tertiary/aromatic N) is 9. The van der Waals surface area contributed by atoms with Gasteiger partial charge in [0.05, 0.1) is 0 Å². The molecule has 9 heterocycles. The van der Waals surface area contributed by atoms with Crippen molar-refractivity contribution < 1.29 is 0 Å². The normalized spacial score (nSPS) is 10.6. The van der Waals surface area contributed by atoms with E-state index in [9.17, 15) is 0 Å². The fraction of sp³-hybridized carbons (Fsp3) is 0. The van der Waals surface area contributed by atoms with Gasteiger partial charge in [0.25, 0.3) is 0 Å². The van der Waals surface area contributed by atoms with E-state index in [1.165, 1.54) is 0 Å². The molecule has 302 valence electrons. The molecule has 0 aliphatic rings. The third-order valence-corrected chi connectivity index (χ3v) is 8.62. The fourth-order valence-electron chi connectivity index (χ4n) is 5.94. The summed E-state index contributed by atoms with van der Waals surface area (Å²) in [6.45, 7) is 0. The van der Waals surface area contributed by atoms with Crippen LogP contribution in [-0.4, -0.2) is 44.9 Å². The highest BCUT2D eigenvalue weighted by Gasteiger charge is 2.08. The molecule has 0 aliphatic heterocycles. The molecule has 9 aromatic rings. The first-order chi connectivity index (χ1) is 30.6. The summed E-state index contributed by atoms with van der Waals surface area (Å²) in [4.78, 5) is 41.5. The van der Waals surface area contributed by atoms with Crippen LogP contribution in [0.15, 0.2) is 176 Å². The van der Waals surface area contributed by atoms with E-state index in [4.69, 9.17) is 24.9 Å². The number of hydrogen-bond acceptors (Lipinski definition) is 17. The average molecular weight is 816 g/mol. The number of hydrogen-bond donors (Lipinski definition) is 8. The zero-order valence-electron chi connectivity index (χ0n) is 32.8. The minimum Gasteiger partial charge on any atom is -0.325 e. The Bertz CT molecular complexity index is 2710. The molecule has 0 unspecified atom stereocenters. The molecule has 0 amide bonds. The molecule has 17 nitrogen and oxygen atoms in total. The molecule has 62 heavy (non-hydrogen) atoms. The SMILES string of the molecule is c1ccc(Nc2cccc(Nc3cccc(Nc4cccc(Nc5cccc(Nc6cccc(Nc7cccc(Nc8cccc(Nc9ccccn9)n8)n7)n6)n5)n4)n3)n2)nc1. The van der Waals surface area contributed by atoms with Gasteiger partial charge in [0.15, 0.2) is 0 Å². The number of aromatic nitrogens is 9. The lowest BCUT2D eigenvalue weighted by atomic mass is 10.3. The third kappa shape index (κ3) is 10.6. The molecule has 0 saturated carbocycles. The van der Waals surface area contributed by atoms with Gasteiger partial charge in [-0.15, -0.1) is 0 Å². The Balaban J connectivity index is 0.800. The predicted octanol–water partition coefficient (Wildman–Crippen LogP) is 10.2. The van der Waals surface area contributed by atoms with Crippen LogP contribution in [0.1, 0.15) is 0 Å². The van der Waals surface area contributed by atoms with Crippen molar-refractivity contribution in [3.05, 3.63) is 176 Å². The maximum absolute atomic E-state index is 4.74. The van der Waals surface area contributed by atoms with Gasteiger partial charge in [-0.25, -0.2) is 44.9 Å². The highest BCUT2D eigenvalue weighted by Crippen LogP contribution is 2.24. The number of rotatable bonds is 16. The molecule has 0 saturated heterocycles. The van der Waals surface area contributed by atoms with E-state index < -0.39 is 0 Å². The first kappa shape index (κ1) is 38.3. The van der Waals surface area contributed by atoms with Crippen molar-refractivity contribution in [2.45, 2.75) is 0 Å². The van der Waals surface area contributed by atoms with Gasteiger partial charge >= 0.3 is 0 Å². The molecule has 9 aromatic heterocycles. The maximum Gasteiger partial charge on any atom is 0.133 e. The van der Waals surface area contributed by atoms with Crippen molar-refractivity contribution in [2.24, 2.45) is 0 Å². The van der Waals surface area contributed by atoms with Crippen LogP contribution in [0.3, 0.4) is 0 Å². The molecule has 0 atom stereocenters.